The van der Waals surface area contributed by atoms with E-state index in [1.54, 1.807) is 6.20 Å². The zero-order valence-corrected chi connectivity index (χ0v) is 21.5. The van der Waals surface area contributed by atoms with Gasteiger partial charge >= 0.3 is 6.09 Å². The second-order valence-electron chi connectivity index (χ2n) is 11.2. The number of aromatic nitrogens is 1. The molecule has 0 atom stereocenters. The first-order valence-electron chi connectivity index (χ1n) is 12.0. The van der Waals surface area contributed by atoms with Crippen molar-refractivity contribution in [1.82, 2.24) is 9.88 Å². The molecule has 2 N–H and O–H groups in total. The van der Waals surface area contributed by atoms with Crippen molar-refractivity contribution in [2.45, 2.75) is 79.8 Å². The molecule has 0 fully saturated rings. The van der Waals surface area contributed by atoms with E-state index < -0.39 is 11.6 Å². The van der Waals surface area contributed by atoms with Gasteiger partial charge in [-0.05, 0) is 44.4 Å². The molecule has 0 aliphatic carbocycles. The lowest BCUT2D eigenvalue weighted by atomic mass is 9.83. The van der Waals surface area contributed by atoms with Gasteiger partial charge in [-0.3, -0.25) is 9.88 Å². The Bertz CT molecular complexity index is 1190. The van der Waals surface area contributed by atoms with Crippen molar-refractivity contribution in [1.29, 1.82) is 0 Å². The van der Waals surface area contributed by atoms with Crippen LogP contribution in [0.25, 0.3) is 21.7 Å². The van der Waals surface area contributed by atoms with Crippen LogP contribution in [0.5, 0.6) is 11.5 Å². The molecule has 0 spiro atoms. The molecule has 0 saturated carbocycles. The van der Waals surface area contributed by atoms with Gasteiger partial charge in [0.1, 0.15) is 11.3 Å². The van der Waals surface area contributed by atoms with Gasteiger partial charge < -0.3 is 14.9 Å². The maximum atomic E-state index is 12.2. The largest absolute Gasteiger partial charge is 0.507 e. The van der Waals surface area contributed by atoms with Crippen molar-refractivity contribution in [3.05, 3.63) is 41.6 Å². The number of benzene rings is 2. The average molecular weight is 467 g/mol. The predicted octanol–water partition coefficient (Wildman–Crippen LogP) is 7.14. The minimum Gasteiger partial charge on any atom is -0.507 e. The van der Waals surface area contributed by atoms with Crippen LogP contribution in [0, 0.1) is 5.41 Å². The molecule has 0 bridgehead atoms. The standard InChI is InChI=1S/C28H38N2O4/c1-8-9-14-34-25-21(17-30(26(32)33)28(5,6)7)20(15-27(2,3)4)24(31)22-19-13-11-10-12-18(19)16-29-23(22)25/h10-13,16,31H,8-9,14-15,17H2,1-7H3,(H,32,33). The van der Waals surface area contributed by atoms with Gasteiger partial charge in [0.25, 0.3) is 0 Å². The first-order chi connectivity index (χ1) is 15.8. The Labute approximate surface area is 202 Å². The smallest absolute Gasteiger partial charge is 0.408 e. The van der Waals surface area contributed by atoms with E-state index in [0.717, 1.165) is 29.2 Å². The molecule has 34 heavy (non-hydrogen) atoms. The molecule has 1 aromatic heterocycles. The summed E-state index contributed by atoms with van der Waals surface area (Å²) >= 11 is 0. The molecule has 0 unspecified atom stereocenters. The summed E-state index contributed by atoms with van der Waals surface area (Å²) in [5.41, 5.74) is 1.21. The van der Waals surface area contributed by atoms with E-state index in [0.29, 0.717) is 35.2 Å². The van der Waals surface area contributed by atoms with Crippen molar-refractivity contribution in [3.63, 3.8) is 0 Å². The molecule has 3 rings (SSSR count). The lowest BCUT2D eigenvalue weighted by Crippen LogP contribution is -2.44. The quantitative estimate of drug-likeness (QED) is 0.286. The van der Waals surface area contributed by atoms with E-state index in [4.69, 9.17) is 9.72 Å². The number of hydrogen-bond donors (Lipinski definition) is 2. The Morgan fingerprint density at radius 3 is 2.35 bits per heavy atom. The Hall–Kier alpha value is -3.02. The number of ether oxygens (including phenoxy) is 1. The highest BCUT2D eigenvalue weighted by Gasteiger charge is 2.32. The molecule has 6 nitrogen and oxygen atoms in total. The highest BCUT2D eigenvalue weighted by Crippen LogP contribution is 2.45. The molecular weight excluding hydrogens is 428 g/mol. The summed E-state index contributed by atoms with van der Waals surface area (Å²) in [6, 6.07) is 7.85. The zero-order valence-electron chi connectivity index (χ0n) is 21.5. The fourth-order valence-electron chi connectivity index (χ4n) is 4.26. The number of rotatable bonds is 7. The first kappa shape index (κ1) is 25.6. The van der Waals surface area contributed by atoms with Crippen LogP contribution in [0.1, 0.15) is 72.4 Å². The van der Waals surface area contributed by atoms with Gasteiger partial charge in [-0.2, -0.15) is 0 Å². The van der Waals surface area contributed by atoms with Crippen molar-refractivity contribution in [3.8, 4) is 11.5 Å². The Morgan fingerprint density at radius 1 is 1.09 bits per heavy atom. The Morgan fingerprint density at radius 2 is 1.76 bits per heavy atom. The maximum absolute atomic E-state index is 12.2. The van der Waals surface area contributed by atoms with Crippen LogP contribution in [0.2, 0.25) is 0 Å². The summed E-state index contributed by atoms with van der Waals surface area (Å²) < 4.78 is 6.35. The SMILES string of the molecule is CCCCOc1c(CN(C(=O)O)C(C)(C)C)c(CC(C)(C)C)c(O)c2c1ncc1ccccc12. The van der Waals surface area contributed by atoms with Crippen LogP contribution in [-0.2, 0) is 13.0 Å². The molecule has 0 saturated heterocycles. The van der Waals surface area contributed by atoms with E-state index in [1.807, 2.05) is 45.0 Å². The average Bonchev–Trinajstić information content (AvgIpc) is 2.73. The van der Waals surface area contributed by atoms with Crippen LogP contribution in [-0.4, -0.2) is 38.3 Å². The zero-order chi connectivity index (χ0) is 25.3. The van der Waals surface area contributed by atoms with Gasteiger partial charge in [0.15, 0.2) is 5.75 Å². The third-order valence-corrected chi connectivity index (χ3v) is 5.98. The summed E-state index contributed by atoms with van der Waals surface area (Å²) in [6.45, 7) is 14.6. The van der Waals surface area contributed by atoms with E-state index >= 15 is 0 Å². The highest BCUT2D eigenvalue weighted by atomic mass is 16.5. The van der Waals surface area contributed by atoms with E-state index in [9.17, 15) is 15.0 Å². The molecule has 3 aromatic rings. The second-order valence-corrected chi connectivity index (χ2v) is 11.2. The molecule has 184 valence electrons. The molecule has 0 radical (unpaired) electrons. The van der Waals surface area contributed by atoms with Gasteiger partial charge in [-0.1, -0.05) is 58.4 Å². The molecule has 2 aromatic carbocycles. The predicted molar refractivity (Wildman–Crippen MR) is 138 cm³/mol. The number of aromatic hydroxyl groups is 1. The molecule has 0 aliphatic rings. The lowest BCUT2D eigenvalue weighted by molar-refractivity contribution is 0.0945. The number of fused-ring (bicyclic) bond motifs is 3. The third-order valence-electron chi connectivity index (χ3n) is 5.98. The van der Waals surface area contributed by atoms with Crippen molar-refractivity contribution < 1.29 is 19.7 Å². The van der Waals surface area contributed by atoms with Gasteiger partial charge in [-0.25, -0.2) is 4.79 Å². The van der Waals surface area contributed by atoms with Crippen LogP contribution in [0.15, 0.2) is 30.5 Å². The van der Waals surface area contributed by atoms with Crippen molar-refractivity contribution in [2.75, 3.05) is 6.61 Å². The topological polar surface area (TPSA) is 82.9 Å². The fraction of sp³-hybridized carbons (Fsp3) is 0.500. The van der Waals surface area contributed by atoms with Crippen molar-refractivity contribution in [2.24, 2.45) is 5.41 Å². The Balaban J connectivity index is 2.42. The molecular formula is C28H38N2O4. The van der Waals surface area contributed by atoms with E-state index in [-0.39, 0.29) is 17.7 Å². The summed E-state index contributed by atoms with van der Waals surface area (Å²) in [6.07, 6.45) is 3.18. The highest BCUT2D eigenvalue weighted by molar-refractivity contribution is 6.11. The number of nitrogens with zero attached hydrogens (tertiary/aromatic N) is 2. The maximum Gasteiger partial charge on any atom is 0.408 e. The minimum atomic E-state index is -1.01. The molecule has 1 heterocycles. The summed E-state index contributed by atoms with van der Waals surface area (Å²) in [5.74, 6) is 0.730. The minimum absolute atomic E-state index is 0.101. The normalized spacial score (nSPS) is 12.3. The third kappa shape index (κ3) is 5.37. The number of carboxylic acid groups (broad SMARTS) is 1. The summed E-state index contributed by atoms with van der Waals surface area (Å²) in [5, 5.41) is 24.2. The van der Waals surface area contributed by atoms with Gasteiger partial charge in [0.2, 0.25) is 0 Å². The Kier molecular flexibility index (Phi) is 7.29. The van der Waals surface area contributed by atoms with Crippen LogP contribution in [0.3, 0.4) is 0 Å². The number of phenols is 1. The van der Waals surface area contributed by atoms with E-state index in [1.165, 1.54) is 4.90 Å². The van der Waals surface area contributed by atoms with Crippen LogP contribution in [0.4, 0.5) is 4.79 Å². The number of amides is 1. The van der Waals surface area contributed by atoms with Gasteiger partial charge in [0.05, 0.1) is 18.5 Å². The number of carbonyl (C=O) groups is 1. The van der Waals surface area contributed by atoms with Crippen molar-refractivity contribution >= 4 is 27.8 Å². The fourth-order valence-corrected chi connectivity index (χ4v) is 4.26. The van der Waals surface area contributed by atoms with Crippen LogP contribution < -0.4 is 4.74 Å². The second kappa shape index (κ2) is 9.69. The first-order valence-corrected chi connectivity index (χ1v) is 12.0. The summed E-state index contributed by atoms with van der Waals surface area (Å²) in [4.78, 5) is 18.4. The molecule has 1 amide bonds. The number of unbranched alkanes of at least 4 members (excludes halogenated alkanes) is 1. The van der Waals surface area contributed by atoms with E-state index in [2.05, 4.69) is 27.7 Å². The van der Waals surface area contributed by atoms with Gasteiger partial charge in [0, 0.05) is 28.2 Å². The monoisotopic (exact) mass is 466 g/mol. The van der Waals surface area contributed by atoms with Gasteiger partial charge in [-0.15, -0.1) is 0 Å². The lowest BCUT2D eigenvalue weighted by Gasteiger charge is -2.35. The molecule has 6 heteroatoms. The molecule has 0 aliphatic heterocycles. The number of pyridine rings is 1. The number of phenolic OH excluding ortho intramolecular Hbond substituents is 1. The van der Waals surface area contributed by atoms with Crippen LogP contribution >= 0.6 is 0 Å². The summed E-state index contributed by atoms with van der Waals surface area (Å²) in [7, 11) is 0. The number of hydrogen-bond acceptors (Lipinski definition) is 4.